The molecule has 0 aliphatic heterocycles. The summed E-state index contributed by atoms with van der Waals surface area (Å²) in [4.78, 5) is 26.2. The molecule has 0 fully saturated rings. The van der Waals surface area contributed by atoms with Gasteiger partial charge in [0.1, 0.15) is 5.58 Å². The SMILES string of the molecule is CCOC(=O)Nc1ccc2c(CN(Cc3ccccc3)C(CO)C(C)C)cc(=O)oc2c1. The molecular weight excluding hydrogens is 408 g/mol. The highest BCUT2D eigenvalue weighted by Gasteiger charge is 2.23. The average Bonchev–Trinajstić information content (AvgIpc) is 2.74. The predicted octanol–water partition coefficient (Wildman–Crippen LogP) is 4.38. The van der Waals surface area contributed by atoms with Crippen LogP contribution in [0.25, 0.3) is 11.0 Å². The summed E-state index contributed by atoms with van der Waals surface area (Å²) in [7, 11) is 0. The quantitative estimate of drug-likeness (QED) is 0.482. The average molecular weight is 439 g/mol. The van der Waals surface area contributed by atoms with Crippen LogP contribution in [0.4, 0.5) is 10.5 Å². The molecule has 1 unspecified atom stereocenters. The molecule has 2 N–H and O–H groups in total. The maximum absolute atomic E-state index is 12.3. The van der Waals surface area contributed by atoms with Gasteiger partial charge in [-0.1, -0.05) is 44.2 Å². The summed E-state index contributed by atoms with van der Waals surface area (Å²) >= 11 is 0. The number of carbonyl (C=O) groups is 1. The van der Waals surface area contributed by atoms with Gasteiger partial charge in [0.05, 0.1) is 13.2 Å². The Balaban J connectivity index is 1.95. The van der Waals surface area contributed by atoms with Gasteiger partial charge in [-0.05, 0) is 36.1 Å². The zero-order chi connectivity index (χ0) is 23.1. The van der Waals surface area contributed by atoms with Gasteiger partial charge >= 0.3 is 11.7 Å². The second-order valence-electron chi connectivity index (χ2n) is 8.03. The number of carbonyl (C=O) groups excluding carboxylic acids is 1. The van der Waals surface area contributed by atoms with E-state index in [0.717, 1.165) is 16.5 Å². The molecule has 0 aliphatic rings. The Hall–Kier alpha value is -3.16. The van der Waals surface area contributed by atoms with Crippen LogP contribution < -0.4 is 10.9 Å². The first-order valence-corrected chi connectivity index (χ1v) is 10.8. The standard InChI is InChI=1S/C25H30N2O5/c1-4-31-25(30)26-20-10-11-21-19(12-24(29)32-23(21)13-20)15-27(22(16-28)17(2)3)14-18-8-6-5-7-9-18/h5-13,17,22,28H,4,14-16H2,1-3H3,(H,26,30). The summed E-state index contributed by atoms with van der Waals surface area (Å²) in [5.74, 6) is 0.218. The minimum atomic E-state index is -0.567. The third kappa shape index (κ3) is 5.96. The zero-order valence-electron chi connectivity index (χ0n) is 18.7. The van der Waals surface area contributed by atoms with Crippen molar-refractivity contribution in [2.45, 2.75) is 39.9 Å². The first-order chi connectivity index (χ1) is 15.4. The van der Waals surface area contributed by atoms with Crippen LogP contribution in [0.5, 0.6) is 0 Å². The van der Waals surface area contributed by atoms with Crippen molar-refractivity contribution < 1.29 is 19.1 Å². The van der Waals surface area contributed by atoms with Crippen molar-refractivity contribution in [1.82, 2.24) is 4.90 Å². The van der Waals surface area contributed by atoms with Gasteiger partial charge in [-0.15, -0.1) is 0 Å². The molecule has 0 saturated carbocycles. The first-order valence-electron chi connectivity index (χ1n) is 10.8. The molecule has 1 atom stereocenters. The molecule has 0 bridgehead atoms. The van der Waals surface area contributed by atoms with Gasteiger partial charge in [-0.25, -0.2) is 9.59 Å². The molecule has 3 aromatic rings. The van der Waals surface area contributed by atoms with E-state index in [1.54, 1.807) is 19.1 Å². The highest BCUT2D eigenvalue weighted by Crippen LogP contribution is 2.25. The number of aliphatic hydroxyl groups is 1. The number of hydrogen-bond acceptors (Lipinski definition) is 6. The van der Waals surface area contributed by atoms with E-state index in [9.17, 15) is 14.7 Å². The number of nitrogens with one attached hydrogen (secondary N) is 1. The fraction of sp³-hybridized carbons (Fsp3) is 0.360. The van der Waals surface area contributed by atoms with Crippen LogP contribution in [0.15, 0.2) is 63.8 Å². The van der Waals surface area contributed by atoms with Crippen molar-refractivity contribution in [1.29, 1.82) is 0 Å². The Morgan fingerprint density at radius 1 is 1.12 bits per heavy atom. The van der Waals surface area contributed by atoms with E-state index in [1.165, 1.54) is 6.07 Å². The lowest BCUT2D eigenvalue weighted by Gasteiger charge is -2.33. The molecule has 2 aromatic carbocycles. The van der Waals surface area contributed by atoms with Gasteiger partial charge in [0.25, 0.3) is 0 Å². The lowest BCUT2D eigenvalue weighted by Crippen LogP contribution is -2.40. The number of hydrogen-bond donors (Lipinski definition) is 2. The largest absolute Gasteiger partial charge is 0.450 e. The predicted molar refractivity (Wildman–Crippen MR) is 125 cm³/mol. The maximum Gasteiger partial charge on any atom is 0.411 e. The molecule has 32 heavy (non-hydrogen) atoms. The van der Waals surface area contributed by atoms with Crippen molar-refractivity contribution in [3.8, 4) is 0 Å². The van der Waals surface area contributed by atoms with Gasteiger partial charge in [0, 0.05) is 42.3 Å². The molecule has 1 heterocycles. The molecule has 1 amide bonds. The highest BCUT2D eigenvalue weighted by molar-refractivity contribution is 5.89. The van der Waals surface area contributed by atoms with Gasteiger partial charge in [-0.3, -0.25) is 10.2 Å². The number of amides is 1. The van der Waals surface area contributed by atoms with Crippen LogP contribution >= 0.6 is 0 Å². The van der Waals surface area contributed by atoms with Crippen molar-refractivity contribution in [2.24, 2.45) is 5.92 Å². The number of rotatable bonds is 9. The molecule has 0 aliphatic carbocycles. The van der Waals surface area contributed by atoms with Crippen LogP contribution in [0.3, 0.4) is 0 Å². The Bertz CT molecular complexity index is 1090. The van der Waals surface area contributed by atoms with Gasteiger partial charge < -0.3 is 14.3 Å². The minimum absolute atomic E-state index is 0.0114. The van der Waals surface area contributed by atoms with E-state index in [-0.39, 0.29) is 25.2 Å². The Labute approximate surface area is 187 Å². The summed E-state index contributed by atoms with van der Waals surface area (Å²) in [5.41, 5.74) is 2.32. The highest BCUT2D eigenvalue weighted by atomic mass is 16.5. The Kier molecular flexibility index (Phi) is 8.03. The number of ether oxygens (including phenoxy) is 1. The lowest BCUT2D eigenvalue weighted by molar-refractivity contribution is 0.0787. The van der Waals surface area contributed by atoms with E-state index in [4.69, 9.17) is 9.15 Å². The molecule has 170 valence electrons. The Morgan fingerprint density at radius 3 is 2.53 bits per heavy atom. The molecule has 0 saturated heterocycles. The van der Waals surface area contributed by atoms with Crippen molar-refractivity contribution in [3.63, 3.8) is 0 Å². The van der Waals surface area contributed by atoms with E-state index >= 15 is 0 Å². The van der Waals surface area contributed by atoms with E-state index < -0.39 is 11.7 Å². The smallest absolute Gasteiger partial charge is 0.411 e. The second-order valence-corrected chi connectivity index (χ2v) is 8.03. The molecule has 7 nitrogen and oxygen atoms in total. The van der Waals surface area contributed by atoms with Gasteiger partial charge in [0.2, 0.25) is 0 Å². The maximum atomic E-state index is 12.3. The van der Waals surface area contributed by atoms with Gasteiger partial charge in [-0.2, -0.15) is 0 Å². The van der Waals surface area contributed by atoms with E-state index in [0.29, 0.717) is 24.4 Å². The number of benzene rings is 2. The minimum Gasteiger partial charge on any atom is -0.450 e. The zero-order valence-corrected chi connectivity index (χ0v) is 18.7. The third-order valence-corrected chi connectivity index (χ3v) is 5.38. The summed E-state index contributed by atoms with van der Waals surface area (Å²) in [6.45, 7) is 7.24. The van der Waals surface area contributed by atoms with Crippen LogP contribution in [0, 0.1) is 5.92 Å². The number of aliphatic hydroxyl groups excluding tert-OH is 1. The van der Waals surface area contributed by atoms with Crippen LogP contribution in [0.1, 0.15) is 31.9 Å². The summed E-state index contributed by atoms with van der Waals surface area (Å²) < 4.78 is 10.3. The first kappa shape index (κ1) is 23.5. The molecule has 0 spiro atoms. The number of anilines is 1. The summed E-state index contributed by atoms with van der Waals surface area (Å²) in [5, 5.41) is 13.5. The van der Waals surface area contributed by atoms with Crippen LogP contribution in [-0.2, 0) is 17.8 Å². The fourth-order valence-corrected chi connectivity index (χ4v) is 3.80. The van der Waals surface area contributed by atoms with Crippen molar-refractivity contribution >= 4 is 22.7 Å². The molecule has 1 aromatic heterocycles. The van der Waals surface area contributed by atoms with Gasteiger partial charge in [0.15, 0.2) is 0 Å². The topological polar surface area (TPSA) is 92.0 Å². The Morgan fingerprint density at radius 2 is 1.88 bits per heavy atom. The number of nitrogens with zero attached hydrogens (tertiary/aromatic N) is 1. The molecular formula is C25H30N2O5. The molecule has 3 rings (SSSR count). The van der Waals surface area contributed by atoms with Crippen molar-refractivity contribution in [3.05, 3.63) is 76.1 Å². The summed E-state index contributed by atoms with van der Waals surface area (Å²) in [6.07, 6.45) is -0.567. The third-order valence-electron chi connectivity index (χ3n) is 5.38. The normalized spacial score (nSPS) is 12.3. The molecule has 7 heteroatoms. The van der Waals surface area contributed by atoms with Crippen LogP contribution in [0.2, 0.25) is 0 Å². The second kappa shape index (κ2) is 10.9. The molecule has 0 radical (unpaired) electrons. The van der Waals surface area contributed by atoms with E-state index in [2.05, 4.69) is 24.1 Å². The van der Waals surface area contributed by atoms with Crippen molar-refractivity contribution in [2.75, 3.05) is 18.5 Å². The van der Waals surface area contributed by atoms with Crippen LogP contribution in [-0.4, -0.2) is 35.4 Å². The summed E-state index contributed by atoms with van der Waals surface area (Å²) in [6, 6.07) is 16.6. The fourth-order valence-electron chi connectivity index (χ4n) is 3.80. The lowest BCUT2D eigenvalue weighted by atomic mass is 10.0. The monoisotopic (exact) mass is 438 g/mol. The number of fused-ring (bicyclic) bond motifs is 1. The van der Waals surface area contributed by atoms with E-state index in [1.807, 2.05) is 36.4 Å².